The molecule has 0 bridgehead atoms. The van der Waals surface area contributed by atoms with E-state index < -0.39 is 5.82 Å². The van der Waals surface area contributed by atoms with Crippen LogP contribution in [-0.4, -0.2) is 23.2 Å². The summed E-state index contributed by atoms with van der Waals surface area (Å²) in [5.41, 5.74) is 0. The smallest absolute Gasteiger partial charge is 0.218 e. The molecule has 1 heterocycles. The predicted molar refractivity (Wildman–Crippen MR) is 73.8 cm³/mol. The lowest BCUT2D eigenvalue weighted by molar-refractivity contribution is 0.299. The van der Waals surface area contributed by atoms with E-state index in [-0.39, 0.29) is 12.4 Å². The summed E-state index contributed by atoms with van der Waals surface area (Å²) in [7, 11) is 0. The van der Waals surface area contributed by atoms with E-state index >= 15 is 0 Å². The van der Waals surface area contributed by atoms with Crippen molar-refractivity contribution < 1.29 is 13.9 Å². The van der Waals surface area contributed by atoms with Gasteiger partial charge in [0.15, 0.2) is 11.6 Å². The average Bonchev–Trinajstić information content (AvgIpc) is 2.41. The molecule has 2 aromatic rings. The molecule has 4 nitrogen and oxygen atoms in total. The first-order valence-corrected chi connectivity index (χ1v) is 6.60. The van der Waals surface area contributed by atoms with Crippen molar-refractivity contribution in [2.24, 2.45) is 0 Å². The average molecular weight is 297 g/mol. The molecule has 0 aliphatic carbocycles. The Morgan fingerprint density at radius 1 is 1.20 bits per heavy atom. The highest BCUT2D eigenvalue weighted by atomic mass is 35.5. The molecule has 0 unspecified atom stereocenters. The summed E-state index contributed by atoms with van der Waals surface area (Å²) in [6.07, 6.45) is 0.412. The van der Waals surface area contributed by atoms with E-state index in [0.717, 1.165) is 0 Å². The minimum atomic E-state index is -0.394. The third-order valence-electron chi connectivity index (χ3n) is 2.43. The Morgan fingerprint density at radius 3 is 2.75 bits per heavy atom. The van der Waals surface area contributed by atoms with E-state index in [1.165, 1.54) is 6.07 Å². The van der Waals surface area contributed by atoms with E-state index in [1.807, 2.05) is 6.92 Å². The lowest BCUT2D eigenvalue weighted by Gasteiger charge is -2.08. The Balaban J connectivity index is 1.95. The highest BCUT2D eigenvalue weighted by molar-refractivity contribution is 6.29. The Bertz CT molecular complexity index is 581. The number of halogens is 2. The van der Waals surface area contributed by atoms with Gasteiger partial charge in [0.05, 0.1) is 13.2 Å². The Morgan fingerprint density at radius 2 is 2.00 bits per heavy atom. The van der Waals surface area contributed by atoms with Gasteiger partial charge in [0, 0.05) is 12.5 Å². The molecule has 6 heteroatoms. The van der Waals surface area contributed by atoms with Gasteiger partial charge < -0.3 is 9.47 Å². The van der Waals surface area contributed by atoms with Crippen LogP contribution in [0.5, 0.6) is 11.6 Å². The van der Waals surface area contributed by atoms with Crippen LogP contribution in [0.3, 0.4) is 0 Å². The molecule has 106 valence electrons. The molecule has 1 aromatic carbocycles. The number of nitrogens with zero attached hydrogens (tertiary/aromatic N) is 2. The fourth-order valence-electron chi connectivity index (χ4n) is 1.59. The number of hydrogen-bond donors (Lipinski definition) is 0. The molecule has 0 atom stereocenters. The highest BCUT2D eigenvalue weighted by Crippen LogP contribution is 2.17. The fraction of sp³-hybridized carbons (Fsp3) is 0.286. The standard InChI is InChI=1S/C14H14ClFN2O2/c1-2-19-14-9-12(15)17-13(18-14)7-8-20-11-6-4-3-5-10(11)16/h3-6,9H,2,7-8H2,1H3. The minimum Gasteiger partial charge on any atom is -0.490 e. The lowest BCUT2D eigenvalue weighted by atomic mass is 10.3. The molecule has 0 spiro atoms. The maximum Gasteiger partial charge on any atom is 0.218 e. The number of hydrogen-bond acceptors (Lipinski definition) is 4. The largest absolute Gasteiger partial charge is 0.490 e. The first-order chi connectivity index (χ1) is 9.69. The molecule has 0 N–H and O–H groups in total. The quantitative estimate of drug-likeness (QED) is 0.767. The van der Waals surface area contributed by atoms with Gasteiger partial charge in [0.1, 0.15) is 11.0 Å². The van der Waals surface area contributed by atoms with Crippen LogP contribution in [0, 0.1) is 5.82 Å². The zero-order chi connectivity index (χ0) is 14.4. The summed E-state index contributed by atoms with van der Waals surface area (Å²) < 4.78 is 24.0. The summed E-state index contributed by atoms with van der Waals surface area (Å²) in [6, 6.07) is 7.78. The number of benzene rings is 1. The molecule has 0 saturated heterocycles. The number of para-hydroxylation sites is 1. The second-order valence-corrected chi connectivity index (χ2v) is 4.29. The van der Waals surface area contributed by atoms with Crippen LogP contribution in [0.2, 0.25) is 5.15 Å². The molecule has 0 aliphatic rings. The molecule has 2 rings (SSSR count). The van der Waals surface area contributed by atoms with Crippen LogP contribution >= 0.6 is 11.6 Å². The molecular formula is C14H14ClFN2O2. The van der Waals surface area contributed by atoms with Gasteiger partial charge in [-0.2, -0.15) is 4.98 Å². The molecule has 0 saturated carbocycles. The van der Waals surface area contributed by atoms with Crippen LogP contribution in [0.1, 0.15) is 12.7 Å². The van der Waals surface area contributed by atoms with Gasteiger partial charge in [0.2, 0.25) is 5.88 Å². The summed E-state index contributed by atoms with van der Waals surface area (Å²) in [5, 5.41) is 0.310. The third kappa shape index (κ3) is 4.06. The summed E-state index contributed by atoms with van der Waals surface area (Å²) in [6.45, 7) is 2.61. The number of aromatic nitrogens is 2. The second-order valence-electron chi connectivity index (χ2n) is 3.91. The van der Waals surface area contributed by atoms with Gasteiger partial charge in [-0.1, -0.05) is 23.7 Å². The van der Waals surface area contributed by atoms with Crippen molar-refractivity contribution in [3.05, 3.63) is 47.1 Å². The lowest BCUT2D eigenvalue weighted by Crippen LogP contribution is -2.07. The maximum atomic E-state index is 13.3. The van der Waals surface area contributed by atoms with E-state index in [9.17, 15) is 4.39 Å². The van der Waals surface area contributed by atoms with Gasteiger partial charge >= 0.3 is 0 Å². The first kappa shape index (κ1) is 14.5. The number of ether oxygens (including phenoxy) is 2. The van der Waals surface area contributed by atoms with Crippen molar-refractivity contribution in [2.75, 3.05) is 13.2 Å². The molecule has 1 aromatic heterocycles. The molecule has 0 amide bonds. The summed E-state index contributed by atoms with van der Waals surface area (Å²) >= 11 is 5.87. The van der Waals surface area contributed by atoms with Gasteiger partial charge in [-0.15, -0.1) is 0 Å². The topological polar surface area (TPSA) is 44.2 Å². The van der Waals surface area contributed by atoms with Gasteiger partial charge in [-0.05, 0) is 19.1 Å². The Kier molecular flexibility index (Phi) is 5.12. The molecule has 0 aliphatic heterocycles. The molecule has 0 radical (unpaired) electrons. The summed E-state index contributed by atoms with van der Waals surface area (Å²) in [4.78, 5) is 8.26. The van der Waals surface area contributed by atoms with E-state index in [2.05, 4.69) is 9.97 Å². The normalized spacial score (nSPS) is 10.3. The summed E-state index contributed by atoms with van der Waals surface area (Å²) in [5.74, 6) is 0.736. The Hall–Kier alpha value is -1.88. The third-order valence-corrected chi connectivity index (χ3v) is 2.62. The van der Waals surface area contributed by atoms with Crippen molar-refractivity contribution in [2.45, 2.75) is 13.3 Å². The molecular weight excluding hydrogens is 283 g/mol. The van der Waals surface area contributed by atoms with Crippen molar-refractivity contribution in [1.82, 2.24) is 9.97 Å². The van der Waals surface area contributed by atoms with E-state index in [4.69, 9.17) is 21.1 Å². The monoisotopic (exact) mass is 296 g/mol. The van der Waals surface area contributed by atoms with Crippen molar-refractivity contribution in [3.63, 3.8) is 0 Å². The van der Waals surface area contributed by atoms with Gasteiger partial charge in [-0.3, -0.25) is 0 Å². The Labute approximate surface area is 121 Å². The van der Waals surface area contributed by atoms with Gasteiger partial charge in [-0.25, -0.2) is 9.37 Å². The fourth-order valence-corrected chi connectivity index (χ4v) is 1.78. The predicted octanol–water partition coefficient (Wildman–Crippen LogP) is 3.29. The maximum absolute atomic E-state index is 13.3. The van der Waals surface area contributed by atoms with Crippen LogP contribution < -0.4 is 9.47 Å². The zero-order valence-electron chi connectivity index (χ0n) is 11.0. The highest BCUT2D eigenvalue weighted by Gasteiger charge is 2.06. The van der Waals surface area contributed by atoms with Crippen molar-refractivity contribution in [1.29, 1.82) is 0 Å². The zero-order valence-corrected chi connectivity index (χ0v) is 11.7. The van der Waals surface area contributed by atoms with Crippen LogP contribution in [-0.2, 0) is 6.42 Å². The SMILES string of the molecule is CCOc1cc(Cl)nc(CCOc2ccccc2F)n1. The van der Waals surface area contributed by atoms with Crippen molar-refractivity contribution in [3.8, 4) is 11.6 Å². The first-order valence-electron chi connectivity index (χ1n) is 6.22. The van der Waals surface area contributed by atoms with E-state index in [1.54, 1.807) is 24.3 Å². The number of rotatable bonds is 6. The minimum absolute atomic E-state index is 0.208. The van der Waals surface area contributed by atoms with E-state index in [0.29, 0.717) is 29.9 Å². The van der Waals surface area contributed by atoms with Crippen LogP contribution in [0.25, 0.3) is 0 Å². The van der Waals surface area contributed by atoms with Crippen molar-refractivity contribution >= 4 is 11.6 Å². The van der Waals surface area contributed by atoms with Crippen LogP contribution in [0.4, 0.5) is 4.39 Å². The van der Waals surface area contributed by atoms with Crippen LogP contribution in [0.15, 0.2) is 30.3 Å². The molecule has 20 heavy (non-hydrogen) atoms. The second kappa shape index (κ2) is 7.05. The van der Waals surface area contributed by atoms with Gasteiger partial charge in [0.25, 0.3) is 0 Å². The molecule has 0 fully saturated rings.